The van der Waals surface area contributed by atoms with E-state index in [1.807, 2.05) is 24.2 Å². The van der Waals surface area contributed by atoms with Gasteiger partial charge in [0.2, 0.25) is 0 Å². The third-order valence-corrected chi connectivity index (χ3v) is 5.19. The Labute approximate surface area is 145 Å². The van der Waals surface area contributed by atoms with Crippen molar-refractivity contribution in [1.29, 1.82) is 0 Å². The molecule has 1 fully saturated rings. The molecule has 3 aromatic rings. The summed E-state index contributed by atoms with van der Waals surface area (Å²) in [4.78, 5) is 2.43. The van der Waals surface area contributed by atoms with Crippen LogP contribution in [0.4, 0.5) is 10.1 Å². The summed E-state index contributed by atoms with van der Waals surface area (Å²) < 4.78 is 14.8. The third-order valence-electron chi connectivity index (χ3n) is 4.25. The standard InChI is InChI=1S/C19H18FN3S/c20-17-3-7-19(8-4-17)23-14-16(13-21-23)15-1-5-18(6-2-15)22-9-11-24-12-10-22/h1-8,13-14H,9-12H2. The van der Waals surface area contributed by atoms with Gasteiger partial charge in [-0.2, -0.15) is 16.9 Å². The lowest BCUT2D eigenvalue weighted by Crippen LogP contribution is -2.32. The van der Waals surface area contributed by atoms with Gasteiger partial charge in [0.25, 0.3) is 0 Å². The quantitative estimate of drug-likeness (QED) is 0.712. The minimum Gasteiger partial charge on any atom is -0.370 e. The summed E-state index contributed by atoms with van der Waals surface area (Å²) in [6.45, 7) is 2.24. The van der Waals surface area contributed by atoms with E-state index in [1.54, 1.807) is 16.8 Å². The van der Waals surface area contributed by atoms with Crippen LogP contribution in [0.25, 0.3) is 16.8 Å². The zero-order valence-electron chi connectivity index (χ0n) is 13.2. The van der Waals surface area contributed by atoms with Crippen LogP contribution in [-0.2, 0) is 0 Å². The van der Waals surface area contributed by atoms with E-state index < -0.39 is 0 Å². The summed E-state index contributed by atoms with van der Waals surface area (Å²) in [5.41, 5.74) is 4.33. The van der Waals surface area contributed by atoms with Crippen molar-refractivity contribution in [3.63, 3.8) is 0 Å². The first-order chi connectivity index (χ1) is 11.8. The molecular weight excluding hydrogens is 321 g/mol. The molecule has 4 rings (SSSR count). The average molecular weight is 339 g/mol. The molecule has 0 N–H and O–H groups in total. The summed E-state index contributed by atoms with van der Waals surface area (Å²) in [6.07, 6.45) is 3.82. The number of benzene rings is 2. The lowest BCUT2D eigenvalue weighted by molar-refractivity contribution is 0.627. The predicted octanol–water partition coefficient (Wildman–Crippen LogP) is 4.23. The van der Waals surface area contributed by atoms with Crippen LogP contribution in [0.15, 0.2) is 60.9 Å². The molecular formula is C19H18FN3S. The highest BCUT2D eigenvalue weighted by Gasteiger charge is 2.11. The van der Waals surface area contributed by atoms with E-state index in [-0.39, 0.29) is 5.82 Å². The van der Waals surface area contributed by atoms with Gasteiger partial charge >= 0.3 is 0 Å². The maximum atomic E-state index is 13.0. The van der Waals surface area contributed by atoms with Crippen molar-refractivity contribution in [3.8, 4) is 16.8 Å². The van der Waals surface area contributed by atoms with Gasteiger partial charge in [0.1, 0.15) is 5.82 Å². The molecule has 0 spiro atoms. The van der Waals surface area contributed by atoms with Crippen LogP contribution < -0.4 is 4.90 Å². The Morgan fingerprint density at radius 1 is 0.833 bits per heavy atom. The Bertz CT molecular complexity index is 805. The maximum absolute atomic E-state index is 13.0. The second-order valence-electron chi connectivity index (χ2n) is 5.80. The minimum absolute atomic E-state index is 0.238. The molecule has 24 heavy (non-hydrogen) atoms. The Kier molecular flexibility index (Phi) is 4.26. The highest BCUT2D eigenvalue weighted by Crippen LogP contribution is 2.25. The molecule has 0 radical (unpaired) electrons. The van der Waals surface area contributed by atoms with Crippen LogP contribution in [0.3, 0.4) is 0 Å². The lowest BCUT2D eigenvalue weighted by Gasteiger charge is -2.28. The maximum Gasteiger partial charge on any atom is 0.123 e. The van der Waals surface area contributed by atoms with E-state index in [1.165, 1.54) is 29.3 Å². The molecule has 0 aliphatic carbocycles. The first-order valence-electron chi connectivity index (χ1n) is 8.03. The molecule has 122 valence electrons. The third kappa shape index (κ3) is 3.17. The van der Waals surface area contributed by atoms with Gasteiger partial charge in [-0.25, -0.2) is 9.07 Å². The van der Waals surface area contributed by atoms with Crippen molar-refractivity contribution in [3.05, 3.63) is 66.7 Å². The fourth-order valence-electron chi connectivity index (χ4n) is 2.89. The average Bonchev–Trinajstić information content (AvgIpc) is 3.13. The van der Waals surface area contributed by atoms with Crippen LogP contribution in [0.2, 0.25) is 0 Å². The van der Waals surface area contributed by atoms with E-state index in [2.05, 4.69) is 34.3 Å². The van der Waals surface area contributed by atoms with Crippen molar-refractivity contribution in [1.82, 2.24) is 9.78 Å². The topological polar surface area (TPSA) is 21.1 Å². The Morgan fingerprint density at radius 3 is 2.21 bits per heavy atom. The predicted molar refractivity (Wildman–Crippen MR) is 98.5 cm³/mol. The Balaban J connectivity index is 1.54. The summed E-state index contributed by atoms with van der Waals surface area (Å²) >= 11 is 2.02. The van der Waals surface area contributed by atoms with E-state index in [4.69, 9.17) is 0 Å². The number of hydrogen-bond acceptors (Lipinski definition) is 3. The van der Waals surface area contributed by atoms with Crippen molar-refractivity contribution in [2.24, 2.45) is 0 Å². The minimum atomic E-state index is -0.238. The molecule has 3 nitrogen and oxygen atoms in total. The van der Waals surface area contributed by atoms with Gasteiger partial charge in [0.05, 0.1) is 11.9 Å². The summed E-state index contributed by atoms with van der Waals surface area (Å²) in [7, 11) is 0. The van der Waals surface area contributed by atoms with E-state index in [9.17, 15) is 4.39 Å². The monoisotopic (exact) mass is 339 g/mol. The van der Waals surface area contributed by atoms with Crippen molar-refractivity contribution in [2.45, 2.75) is 0 Å². The molecule has 5 heteroatoms. The molecule has 2 heterocycles. The molecule has 1 saturated heterocycles. The van der Waals surface area contributed by atoms with Gasteiger partial charge in [-0.15, -0.1) is 0 Å². The van der Waals surface area contributed by atoms with E-state index in [0.717, 1.165) is 29.9 Å². The molecule has 2 aromatic carbocycles. The zero-order chi connectivity index (χ0) is 16.4. The molecule has 1 aromatic heterocycles. The van der Waals surface area contributed by atoms with Crippen LogP contribution in [0, 0.1) is 5.82 Å². The van der Waals surface area contributed by atoms with Crippen molar-refractivity contribution in [2.75, 3.05) is 29.5 Å². The molecule has 0 amide bonds. The van der Waals surface area contributed by atoms with Gasteiger partial charge in [0.15, 0.2) is 0 Å². The fraction of sp³-hybridized carbons (Fsp3) is 0.211. The molecule has 1 aliphatic rings. The number of rotatable bonds is 3. The Morgan fingerprint density at radius 2 is 1.50 bits per heavy atom. The van der Waals surface area contributed by atoms with Crippen LogP contribution in [0.1, 0.15) is 0 Å². The molecule has 0 bridgehead atoms. The van der Waals surface area contributed by atoms with Gasteiger partial charge in [-0.1, -0.05) is 12.1 Å². The summed E-state index contributed by atoms with van der Waals surface area (Å²) in [5, 5.41) is 4.39. The van der Waals surface area contributed by atoms with Crippen LogP contribution >= 0.6 is 11.8 Å². The number of thioether (sulfide) groups is 1. The molecule has 0 unspecified atom stereocenters. The first-order valence-corrected chi connectivity index (χ1v) is 9.19. The van der Waals surface area contributed by atoms with Gasteiger partial charge in [-0.3, -0.25) is 0 Å². The second-order valence-corrected chi connectivity index (χ2v) is 7.02. The number of halogens is 1. The van der Waals surface area contributed by atoms with E-state index in [0.29, 0.717) is 0 Å². The molecule has 0 atom stereocenters. The van der Waals surface area contributed by atoms with E-state index >= 15 is 0 Å². The van der Waals surface area contributed by atoms with Crippen molar-refractivity contribution < 1.29 is 4.39 Å². The number of hydrogen-bond donors (Lipinski definition) is 0. The number of aromatic nitrogens is 2. The normalized spacial score (nSPS) is 14.8. The van der Waals surface area contributed by atoms with Gasteiger partial charge in [0, 0.05) is 42.0 Å². The highest BCUT2D eigenvalue weighted by molar-refractivity contribution is 7.99. The first kappa shape index (κ1) is 15.3. The SMILES string of the molecule is Fc1ccc(-n2cc(-c3ccc(N4CCSCC4)cc3)cn2)cc1. The lowest BCUT2D eigenvalue weighted by atomic mass is 10.1. The fourth-order valence-corrected chi connectivity index (χ4v) is 3.80. The summed E-state index contributed by atoms with van der Waals surface area (Å²) in [5.74, 6) is 2.16. The Hall–Kier alpha value is -2.27. The largest absolute Gasteiger partial charge is 0.370 e. The zero-order valence-corrected chi connectivity index (χ0v) is 14.0. The highest BCUT2D eigenvalue weighted by atomic mass is 32.2. The number of anilines is 1. The van der Waals surface area contributed by atoms with Crippen molar-refractivity contribution >= 4 is 17.4 Å². The van der Waals surface area contributed by atoms with Gasteiger partial charge in [-0.05, 0) is 42.0 Å². The molecule has 0 saturated carbocycles. The molecule has 1 aliphatic heterocycles. The second kappa shape index (κ2) is 6.69. The van der Waals surface area contributed by atoms with Crippen LogP contribution in [0.5, 0.6) is 0 Å². The summed E-state index contributed by atoms with van der Waals surface area (Å²) in [6, 6.07) is 15.0. The smallest absolute Gasteiger partial charge is 0.123 e. The number of nitrogens with zero attached hydrogens (tertiary/aromatic N) is 3. The van der Waals surface area contributed by atoms with Gasteiger partial charge < -0.3 is 4.90 Å². The van der Waals surface area contributed by atoms with Crippen LogP contribution in [-0.4, -0.2) is 34.4 Å².